The molecule has 0 aliphatic carbocycles. The van der Waals surface area contributed by atoms with E-state index in [1.165, 1.54) is 17.6 Å². The summed E-state index contributed by atoms with van der Waals surface area (Å²) in [5.41, 5.74) is 3.11. The quantitative estimate of drug-likeness (QED) is 0.174. The van der Waals surface area contributed by atoms with Gasteiger partial charge in [-0.2, -0.15) is 5.10 Å². The summed E-state index contributed by atoms with van der Waals surface area (Å²) in [5.74, 6) is 0.0915. The molecule has 0 saturated heterocycles. The average molecular weight is 465 g/mol. The lowest BCUT2D eigenvalue weighted by molar-refractivity contribution is -0.123. The first-order chi connectivity index (χ1) is 15.6. The van der Waals surface area contributed by atoms with Gasteiger partial charge in [0, 0.05) is 10.1 Å². The van der Waals surface area contributed by atoms with Gasteiger partial charge in [-0.3, -0.25) is 4.79 Å². The Kier molecular flexibility index (Phi) is 6.79. The summed E-state index contributed by atoms with van der Waals surface area (Å²) in [6.45, 7) is -0.142. The highest BCUT2D eigenvalue weighted by atomic mass is 35.5. The van der Waals surface area contributed by atoms with E-state index in [1.807, 2.05) is 42.5 Å². The number of hydrogen-bond donors (Lipinski definition) is 1. The number of para-hydroxylation sites is 1. The third kappa shape index (κ3) is 5.32. The van der Waals surface area contributed by atoms with E-state index in [4.69, 9.17) is 21.1 Å². The number of carbonyl (C=O) groups is 2. The van der Waals surface area contributed by atoms with E-state index in [0.717, 1.165) is 10.1 Å². The van der Waals surface area contributed by atoms with E-state index >= 15 is 0 Å². The number of benzene rings is 3. The van der Waals surface area contributed by atoms with Gasteiger partial charge in [-0.05, 0) is 48.0 Å². The second-order valence-electron chi connectivity index (χ2n) is 6.59. The number of amides is 1. The highest BCUT2D eigenvalue weighted by Crippen LogP contribution is 2.35. The highest BCUT2D eigenvalue weighted by Gasteiger charge is 2.18. The molecule has 8 heteroatoms. The maximum atomic E-state index is 12.5. The summed E-state index contributed by atoms with van der Waals surface area (Å²) < 4.78 is 11.7. The van der Waals surface area contributed by atoms with Crippen LogP contribution in [0.3, 0.4) is 0 Å². The van der Waals surface area contributed by atoms with Crippen LogP contribution in [0.25, 0.3) is 10.1 Å². The fraction of sp³-hybridized carbons (Fsp3) is 0.0417. The molecule has 4 rings (SSSR count). The number of halogens is 1. The minimum absolute atomic E-state index is 0.142. The monoisotopic (exact) mass is 464 g/mol. The fourth-order valence-electron chi connectivity index (χ4n) is 2.80. The molecule has 160 valence electrons. The third-order valence-corrected chi connectivity index (χ3v) is 5.98. The van der Waals surface area contributed by atoms with Gasteiger partial charge in [0.15, 0.2) is 6.61 Å². The second kappa shape index (κ2) is 10.1. The molecule has 0 aliphatic heterocycles. The molecular weight excluding hydrogens is 448 g/mol. The van der Waals surface area contributed by atoms with Crippen molar-refractivity contribution in [1.82, 2.24) is 5.43 Å². The molecule has 1 heterocycles. The largest absolute Gasteiger partial charge is 0.484 e. The van der Waals surface area contributed by atoms with Crippen molar-refractivity contribution < 1.29 is 19.1 Å². The maximum Gasteiger partial charge on any atom is 0.355 e. The van der Waals surface area contributed by atoms with Crippen LogP contribution in [0.2, 0.25) is 5.02 Å². The number of nitrogens with one attached hydrogen (secondary N) is 1. The number of nitrogens with zero attached hydrogens (tertiary/aromatic N) is 1. The van der Waals surface area contributed by atoms with Gasteiger partial charge in [-0.15, -0.1) is 11.3 Å². The van der Waals surface area contributed by atoms with Gasteiger partial charge in [0.25, 0.3) is 5.91 Å². The van der Waals surface area contributed by atoms with Crippen molar-refractivity contribution in [2.75, 3.05) is 6.61 Å². The molecule has 1 amide bonds. The van der Waals surface area contributed by atoms with Crippen molar-refractivity contribution in [2.45, 2.75) is 0 Å². The molecule has 0 bridgehead atoms. The standard InChI is InChI=1S/C24H17ClN2O4S/c25-22-19-8-4-5-9-20(19)32-23(22)24(29)31-18-12-10-16(11-13-18)14-26-27-21(28)15-30-17-6-2-1-3-7-17/h1-14H,15H2,(H,27,28)/b26-14-. The van der Waals surface area contributed by atoms with Gasteiger partial charge in [-0.1, -0.05) is 48.0 Å². The van der Waals surface area contributed by atoms with Crippen LogP contribution >= 0.6 is 22.9 Å². The molecule has 0 atom stereocenters. The van der Waals surface area contributed by atoms with Crippen LogP contribution in [-0.4, -0.2) is 24.7 Å². The van der Waals surface area contributed by atoms with Crippen LogP contribution < -0.4 is 14.9 Å². The molecule has 0 aliphatic rings. The van der Waals surface area contributed by atoms with Gasteiger partial charge >= 0.3 is 5.97 Å². The molecule has 0 saturated carbocycles. The molecule has 0 spiro atoms. The van der Waals surface area contributed by atoms with Crippen LogP contribution in [-0.2, 0) is 4.79 Å². The summed E-state index contributed by atoms with van der Waals surface area (Å²) in [4.78, 5) is 24.7. The predicted octanol–water partition coefficient (Wildman–Crippen LogP) is 5.30. The first-order valence-electron chi connectivity index (χ1n) is 9.59. The third-order valence-electron chi connectivity index (χ3n) is 4.33. The normalized spacial score (nSPS) is 10.9. The van der Waals surface area contributed by atoms with E-state index in [-0.39, 0.29) is 12.5 Å². The smallest absolute Gasteiger partial charge is 0.355 e. The van der Waals surface area contributed by atoms with Gasteiger partial charge in [-0.25, -0.2) is 10.2 Å². The van der Waals surface area contributed by atoms with Gasteiger partial charge in [0.2, 0.25) is 0 Å². The number of rotatable bonds is 7. The van der Waals surface area contributed by atoms with Crippen molar-refractivity contribution in [2.24, 2.45) is 5.10 Å². The summed E-state index contributed by atoms with van der Waals surface area (Å²) in [6, 6.07) is 23.3. The van der Waals surface area contributed by atoms with E-state index in [9.17, 15) is 9.59 Å². The van der Waals surface area contributed by atoms with Crippen LogP contribution in [0.4, 0.5) is 0 Å². The highest BCUT2D eigenvalue weighted by molar-refractivity contribution is 7.21. The SMILES string of the molecule is O=C(COc1ccccc1)N/N=C\c1ccc(OC(=O)c2sc3ccccc3c2Cl)cc1. The summed E-state index contributed by atoms with van der Waals surface area (Å²) >= 11 is 7.62. The zero-order valence-corrected chi connectivity index (χ0v) is 18.2. The summed E-state index contributed by atoms with van der Waals surface area (Å²) in [5, 5.41) is 5.12. The average Bonchev–Trinajstić information content (AvgIpc) is 3.16. The van der Waals surface area contributed by atoms with Crippen LogP contribution in [0.5, 0.6) is 11.5 Å². The number of esters is 1. The Morgan fingerprint density at radius 2 is 1.66 bits per heavy atom. The molecule has 0 unspecified atom stereocenters. The molecule has 1 N–H and O–H groups in total. The molecule has 0 fully saturated rings. The summed E-state index contributed by atoms with van der Waals surface area (Å²) in [6.07, 6.45) is 1.48. The predicted molar refractivity (Wildman–Crippen MR) is 126 cm³/mol. The van der Waals surface area contributed by atoms with Crippen LogP contribution in [0.1, 0.15) is 15.2 Å². The van der Waals surface area contributed by atoms with E-state index in [1.54, 1.807) is 36.4 Å². The first kappa shape index (κ1) is 21.5. The van der Waals surface area contributed by atoms with E-state index in [0.29, 0.717) is 27.0 Å². The first-order valence-corrected chi connectivity index (χ1v) is 10.8. The van der Waals surface area contributed by atoms with Crippen molar-refractivity contribution in [3.05, 3.63) is 94.3 Å². The Bertz CT molecular complexity index is 1270. The van der Waals surface area contributed by atoms with Crippen molar-refractivity contribution in [3.63, 3.8) is 0 Å². The molecule has 3 aromatic carbocycles. The van der Waals surface area contributed by atoms with Crippen molar-refractivity contribution in [3.8, 4) is 11.5 Å². The molecular formula is C24H17ClN2O4S. The Balaban J connectivity index is 1.30. The van der Waals surface area contributed by atoms with Crippen molar-refractivity contribution in [1.29, 1.82) is 0 Å². The lowest BCUT2D eigenvalue weighted by atomic mass is 10.2. The number of hydrazone groups is 1. The maximum absolute atomic E-state index is 12.5. The topological polar surface area (TPSA) is 77.0 Å². The van der Waals surface area contributed by atoms with Gasteiger partial charge < -0.3 is 9.47 Å². The minimum atomic E-state index is -0.511. The van der Waals surface area contributed by atoms with E-state index < -0.39 is 5.97 Å². The summed E-state index contributed by atoms with van der Waals surface area (Å²) in [7, 11) is 0. The Morgan fingerprint density at radius 1 is 0.938 bits per heavy atom. The van der Waals surface area contributed by atoms with Gasteiger partial charge in [0.1, 0.15) is 16.4 Å². The van der Waals surface area contributed by atoms with Gasteiger partial charge in [0.05, 0.1) is 11.2 Å². The van der Waals surface area contributed by atoms with Crippen LogP contribution in [0, 0.1) is 0 Å². The lowest BCUT2D eigenvalue weighted by Crippen LogP contribution is -2.24. The Hall–Kier alpha value is -3.68. The second-order valence-corrected chi connectivity index (χ2v) is 8.02. The molecule has 1 aromatic heterocycles. The zero-order valence-electron chi connectivity index (χ0n) is 16.7. The number of thiophene rings is 1. The Labute approximate surface area is 193 Å². The van der Waals surface area contributed by atoms with Crippen LogP contribution in [0.15, 0.2) is 84.0 Å². The molecule has 32 heavy (non-hydrogen) atoms. The number of carbonyl (C=O) groups excluding carboxylic acids is 2. The lowest BCUT2D eigenvalue weighted by Gasteiger charge is -2.04. The van der Waals surface area contributed by atoms with E-state index in [2.05, 4.69) is 10.5 Å². The number of fused-ring (bicyclic) bond motifs is 1. The molecule has 4 aromatic rings. The number of hydrogen-bond acceptors (Lipinski definition) is 6. The fourth-order valence-corrected chi connectivity index (χ4v) is 4.18. The molecule has 0 radical (unpaired) electrons. The molecule has 6 nitrogen and oxygen atoms in total. The Morgan fingerprint density at radius 3 is 2.41 bits per heavy atom. The zero-order chi connectivity index (χ0) is 22.3. The van der Waals surface area contributed by atoms with Crippen molar-refractivity contribution >= 4 is 51.1 Å². The minimum Gasteiger partial charge on any atom is -0.484 e. The number of ether oxygens (including phenoxy) is 2.